The van der Waals surface area contributed by atoms with Crippen LogP contribution in [0.1, 0.15) is 41.0 Å². The second kappa shape index (κ2) is 8.93. The summed E-state index contributed by atoms with van der Waals surface area (Å²) >= 11 is 0. The minimum absolute atomic E-state index is 0.593. The molecule has 0 saturated carbocycles. The van der Waals surface area contributed by atoms with Gasteiger partial charge in [-0.2, -0.15) is 0 Å². The van der Waals surface area contributed by atoms with Gasteiger partial charge in [0.05, 0.1) is 6.61 Å². The third kappa shape index (κ3) is 6.24. The van der Waals surface area contributed by atoms with Crippen molar-refractivity contribution in [1.29, 1.82) is 0 Å². The summed E-state index contributed by atoms with van der Waals surface area (Å²) in [6, 6.07) is 0.593. The zero-order chi connectivity index (χ0) is 14.3. The molecule has 1 rings (SSSR count). The molecule has 3 heteroatoms. The number of rotatable bonds is 9. The van der Waals surface area contributed by atoms with E-state index >= 15 is 0 Å². The number of hydrogen-bond acceptors (Lipinski definition) is 3. The van der Waals surface area contributed by atoms with Crippen LogP contribution in [-0.2, 0) is 4.74 Å². The molecule has 1 aliphatic rings. The van der Waals surface area contributed by atoms with Crippen molar-refractivity contribution in [1.82, 2.24) is 10.2 Å². The molecule has 114 valence electrons. The molecule has 0 aromatic heterocycles. The van der Waals surface area contributed by atoms with Gasteiger partial charge in [0, 0.05) is 19.2 Å². The van der Waals surface area contributed by atoms with E-state index in [2.05, 4.69) is 44.8 Å². The number of hydrogen-bond donors (Lipinski definition) is 1. The van der Waals surface area contributed by atoms with Crippen molar-refractivity contribution >= 4 is 0 Å². The Hall–Kier alpha value is -0.120. The molecule has 1 saturated heterocycles. The molecule has 19 heavy (non-hydrogen) atoms. The minimum Gasteiger partial charge on any atom is -0.380 e. The maximum Gasteiger partial charge on any atom is 0.0624 e. The SMILES string of the molecule is CCOCC(C(C)C)N1CCC(CNCC(C)C)C1. The molecule has 1 N–H and O–H groups in total. The summed E-state index contributed by atoms with van der Waals surface area (Å²) in [4.78, 5) is 2.64. The van der Waals surface area contributed by atoms with Gasteiger partial charge in [-0.15, -0.1) is 0 Å². The van der Waals surface area contributed by atoms with Gasteiger partial charge in [-0.1, -0.05) is 27.7 Å². The highest BCUT2D eigenvalue weighted by atomic mass is 16.5. The molecule has 0 aliphatic carbocycles. The lowest BCUT2D eigenvalue weighted by molar-refractivity contribution is 0.0540. The van der Waals surface area contributed by atoms with Gasteiger partial charge in [0.1, 0.15) is 0 Å². The van der Waals surface area contributed by atoms with Crippen molar-refractivity contribution in [3.8, 4) is 0 Å². The molecule has 0 spiro atoms. The fourth-order valence-corrected chi connectivity index (χ4v) is 2.86. The molecule has 0 aromatic rings. The second-order valence-electron chi connectivity index (χ2n) is 6.67. The lowest BCUT2D eigenvalue weighted by Crippen LogP contribution is -2.41. The first-order chi connectivity index (χ1) is 9.04. The van der Waals surface area contributed by atoms with Gasteiger partial charge >= 0.3 is 0 Å². The summed E-state index contributed by atoms with van der Waals surface area (Å²) in [6.45, 7) is 17.8. The van der Waals surface area contributed by atoms with Crippen LogP contribution in [-0.4, -0.2) is 50.3 Å². The molecule has 0 amide bonds. The van der Waals surface area contributed by atoms with Crippen molar-refractivity contribution in [2.45, 2.75) is 47.1 Å². The van der Waals surface area contributed by atoms with Gasteiger partial charge in [-0.25, -0.2) is 0 Å². The number of nitrogens with zero attached hydrogens (tertiary/aromatic N) is 1. The Labute approximate surface area is 120 Å². The van der Waals surface area contributed by atoms with Gasteiger partial charge in [0.25, 0.3) is 0 Å². The Morgan fingerprint density at radius 3 is 2.58 bits per heavy atom. The molecule has 0 bridgehead atoms. The summed E-state index contributed by atoms with van der Waals surface area (Å²) in [7, 11) is 0. The highest BCUT2D eigenvalue weighted by Gasteiger charge is 2.29. The molecule has 1 heterocycles. The largest absolute Gasteiger partial charge is 0.380 e. The van der Waals surface area contributed by atoms with E-state index in [1.165, 1.54) is 26.1 Å². The molecule has 2 unspecified atom stereocenters. The van der Waals surface area contributed by atoms with Gasteiger partial charge in [-0.05, 0) is 50.7 Å². The summed E-state index contributed by atoms with van der Waals surface area (Å²) in [6.07, 6.45) is 1.33. The maximum absolute atomic E-state index is 5.66. The number of ether oxygens (including phenoxy) is 1. The molecule has 1 fully saturated rings. The van der Waals surface area contributed by atoms with E-state index in [9.17, 15) is 0 Å². The van der Waals surface area contributed by atoms with Crippen molar-refractivity contribution in [2.75, 3.05) is 39.4 Å². The van der Waals surface area contributed by atoms with E-state index < -0.39 is 0 Å². The summed E-state index contributed by atoms with van der Waals surface area (Å²) in [5.74, 6) is 2.24. The van der Waals surface area contributed by atoms with Crippen LogP contribution in [0.25, 0.3) is 0 Å². The van der Waals surface area contributed by atoms with E-state index in [1.54, 1.807) is 0 Å². The zero-order valence-corrected chi connectivity index (χ0v) is 13.6. The summed E-state index contributed by atoms with van der Waals surface area (Å²) < 4.78 is 5.66. The normalized spacial score (nSPS) is 22.6. The van der Waals surface area contributed by atoms with Crippen molar-refractivity contribution in [2.24, 2.45) is 17.8 Å². The molecule has 3 nitrogen and oxygen atoms in total. The Balaban J connectivity index is 2.31. The molecule has 0 radical (unpaired) electrons. The molecular formula is C16H34N2O. The monoisotopic (exact) mass is 270 g/mol. The lowest BCUT2D eigenvalue weighted by Gasteiger charge is -2.31. The Morgan fingerprint density at radius 2 is 2.00 bits per heavy atom. The molecule has 0 aromatic carbocycles. The first kappa shape index (κ1) is 16.9. The first-order valence-electron chi connectivity index (χ1n) is 8.07. The molecular weight excluding hydrogens is 236 g/mol. The Kier molecular flexibility index (Phi) is 7.96. The van der Waals surface area contributed by atoms with Gasteiger partial charge in [0.2, 0.25) is 0 Å². The predicted molar refractivity (Wildman–Crippen MR) is 82.5 cm³/mol. The van der Waals surface area contributed by atoms with Crippen LogP contribution in [0.4, 0.5) is 0 Å². The molecule has 1 aliphatic heterocycles. The van der Waals surface area contributed by atoms with Gasteiger partial charge in [-0.3, -0.25) is 4.90 Å². The van der Waals surface area contributed by atoms with Gasteiger partial charge in [0.15, 0.2) is 0 Å². The fraction of sp³-hybridized carbons (Fsp3) is 1.00. The second-order valence-corrected chi connectivity index (χ2v) is 6.67. The van der Waals surface area contributed by atoms with E-state index in [4.69, 9.17) is 4.74 Å². The van der Waals surface area contributed by atoms with Crippen LogP contribution in [0, 0.1) is 17.8 Å². The fourth-order valence-electron chi connectivity index (χ4n) is 2.86. The predicted octanol–water partition coefficient (Wildman–Crippen LogP) is 2.62. The third-order valence-electron chi connectivity index (χ3n) is 4.03. The van der Waals surface area contributed by atoms with Crippen LogP contribution < -0.4 is 5.32 Å². The lowest BCUT2D eigenvalue weighted by atomic mass is 10.0. The Bertz CT molecular complexity index is 231. The number of nitrogens with one attached hydrogen (secondary N) is 1. The van der Waals surface area contributed by atoms with Crippen LogP contribution in [0.2, 0.25) is 0 Å². The van der Waals surface area contributed by atoms with Gasteiger partial charge < -0.3 is 10.1 Å². The Morgan fingerprint density at radius 1 is 1.26 bits per heavy atom. The van der Waals surface area contributed by atoms with Crippen LogP contribution in [0.15, 0.2) is 0 Å². The quantitative estimate of drug-likeness (QED) is 0.697. The maximum atomic E-state index is 5.66. The third-order valence-corrected chi connectivity index (χ3v) is 4.03. The van der Waals surface area contributed by atoms with E-state index in [0.717, 1.165) is 31.6 Å². The van der Waals surface area contributed by atoms with Crippen LogP contribution in [0.5, 0.6) is 0 Å². The zero-order valence-electron chi connectivity index (χ0n) is 13.6. The minimum atomic E-state index is 0.593. The summed E-state index contributed by atoms with van der Waals surface area (Å²) in [5, 5.41) is 3.60. The van der Waals surface area contributed by atoms with Crippen LogP contribution >= 0.6 is 0 Å². The standard InChI is InChI=1S/C16H34N2O/c1-6-19-12-16(14(4)5)18-8-7-15(11-18)10-17-9-13(2)3/h13-17H,6-12H2,1-5H3. The highest BCUT2D eigenvalue weighted by molar-refractivity contribution is 4.84. The summed E-state index contributed by atoms with van der Waals surface area (Å²) in [5.41, 5.74) is 0. The first-order valence-corrected chi connectivity index (χ1v) is 8.07. The number of likely N-dealkylation sites (tertiary alicyclic amines) is 1. The van der Waals surface area contributed by atoms with E-state index in [-0.39, 0.29) is 0 Å². The smallest absolute Gasteiger partial charge is 0.0624 e. The van der Waals surface area contributed by atoms with Crippen molar-refractivity contribution in [3.05, 3.63) is 0 Å². The van der Waals surface area contributed by atoms with E-state index in [0.29, 0.717) is 12.0 Å². The molecule has 2 atom stereocenters. The van der Waals surface area contributed by atoms with Crippen LogP contribution in [0.3, 0.4) is 0 Å². The average molecular weight is 270 g/mol. The average Bonchev–Trinajstić information content (AvgIpc) is 2.77. The van der Waals surface area contributed by atoms with Crippen molar-refractivity contribution in [3.63, 3.8) is 0 Å². The topological polar surface area (TPSA) is 24.5 Å². The van der Waals surface area contributed by atoms with Crippen molar-refractivity contribution < 1.29 is 4.74 Å². The highest BCUT2D eigenvalue weighted by Crippen LogP contribution is 2.22. The van der Waals surface area contributed by atoms with E-state index in [1.807, 2.05) is 0 Å².